The molecule has 3 N–H and O–H groups in total. The first-order chi connectivity index (χ1) is 16.7. The summed E-state index contributed by atoms with van der Waals surface area (Å²) >= 11 is 1.69. The normalized spacial score (nSPS) is 11.3. The van der Waals surface area contributed by atoms with Gasteiger partial charge in [-0.1, -0.05) is 19.6 Å². The molecule has 0 aliphatic rings. The number of anilines is 1. The number of nitrogens with zero attached hydrogens (tertiary/aromatic N) is 3. The summed E-state index contributed by atoms with van der Waals surface area (Å²) in [6.45, 7) is 6.10. The molecule has 166 valence electrons. The summed E-state index contributed by atoms with van der Waals surface area (Å²) in [5.74, 6) is 0. The van der Waals surface area contributed by atoms with Gasteiger partial charge in [0.25, 0.3) is 0 Å². The number of pyridine rings is 2. The van der Waals surface area contributed by atoms with Crippen molar-refractivity contribution in [3.63, 3.8) is 0 Å². The molecule has 0 amide bonds. The van der Waals surface area contributed by atoms with Crippen LogP contribution in [0, 0.1) is 0 Å². The third-order valence-electron chi connectivity index (χ3n) is 6.00. The minimum absolute atomic E-state index is 0.852. The molecule has 6 aromatic rings. The number of hydrogen-bond donors (Lipinski definition) is 3. The van der Waals surface area contributed by atoms with Crippen LogP contribution in [0.4, 0.5) is 5.69 Å². The minimum atomic E-state index is 0.852. The number of nitrogens with one attached hydrogen (secondary N) is 3. The largest absolute Gasteiger partial charge is 0.358 e. The number of rotatable bonds is 6. The Bertz CT molecular complexity index is 1640. The summed E-state index contributed by atoms with van der Waals surface area (Å²) in [4.78, 5) is 12.4. The molecule has 0 fully saturated rings. The zero-order valence-corrected chi connectivity index (χ0v) is 19.4. The summed E-state index contributed by atoms with van der Waals surface area (Å²) in [5, 5.41) is 17.5. The highest BCUT2D eigenvalue weighted by Gasteiger charge is 2.15. The fourth-order valence-electron chi connectivity index (χ4n) is 4.18. The standard InChI is InChI=1S/C27H22N6S/c1-3-16(2)30-20-10-19(13-28-14-20)17-4-5-24-23(11-17)26(33-32-24)25-12-22-21(18-7-9-34-15-18)6-8-29-27(22)31-25/h4-15,30H,2-3H2,1H3,(H,29,31)(H,32,33). The number of H-pyrrole nitrogens is 2. The lowest BCUT2D eigenvalue weighted by Gasteiger charge is -2.09. The molecular weight excluding hydrogens is 440 g/mol. The zero-order chi connectivity index (χ0) is 23.1. The number of benzene rings is 1. The first-order valence-electron chi connectivity index (χ1n) is 11.1. The Morgan fingerprint density at radius 2 is 1.97 bits per heavy atom. The van der Waals surface area contributed by atoms with E-state index in [9.17, 15) is 0 Å². The van der Waals surface area contributed by atoms with Crippen molar-refractivity contribution in [2.24, 2.45) is 0 Å². The first kappa shape index (κ1) is 20.4. The lowest BCUT2D eigenvalue weighted by molar-refractivity contribution is 1.11. The van der Waals surface area contributed by atoms with Gasteiger partial charge in [0, 0.05) is 34.4 Å². The van der Waals surface area contributed by atoms with E-state index in [4.69, 9.17) is 0 Å². The van der Waals surface area contributed by atoms with Crippen LogP contribution in [0.3, 0.4) is 0 Å². The molecule has 0 aliphatic carbocycles. The Balaban J connectivity index is 1.43. The molecule has 6 rings (SSSR count). The van der Waals surface area contributed by atoms with Crippen molar-refractivity contribution >= 4 is 39.0 Å². The highest BCUT2D eigenvalue weighted by Crippen LogP contribution is 2.35. The van der Waals surface area contributed by atoms with Gasteiger partial charge in [0.1, 0.15) is 11.3 Å². The van der Waals surface area contributed by atoms with E-state index in [1.807, 2.05) is 18.6 Å². The Kier molecular flexibility index (Phi) is 4.96. The average Bonchev–Trinajstić information content (AvgIpc) is 3.62. The molecule has 0 saturated carbocycles. The van der Waals surface area contributed by atoms with Crippen LogP contribution < -0.4 is 5.32 Å². The number of aromatic nitrogens is 5. The van der Waals surface area contributed by atoms with Crippen LogP contribution in [-0.2, 0) is 0 Å². The zero-order valence-electron chi connectivity index (χ0n) is 18.6. The van der Waals surface area contributed by atoms with Crippen LogP contribution in [0.25, 0.3) is 55.6 Å². The molecule has 0 unspecified atom stereocenters. The van der Waals surface area contributed by atoms with Crippen molar-refractivity contribution < 1.29 is 0 Å². The topological polar surface area (TPSA) is 82.3 Å². The smallest absolute Gasteiger partial charge is 0.138 e. The average molecular weight is 463 g/mol. The predicted molar refractivity (Wildman–Crippen MR) is 141 cm³/mol. The van der Waals surface area contributed by atoms with Gasteiger partial charge in [-0.2, -0.15) is 16.4 Å². The lowest BCUT2D eigenvalue weighted by atomic mass is 10.0. The van der Waals surface area contributed by atoms with E-state index in [0.717, 1.165) is 62.3 Å². The van der Waals surface area contributed by atoms with Crippen molar-refractivity contribution in [2.75, 3.05) is 5.32 Å². The van der Waals surface area contributed by atoms with Gasteiger partial charge in [-0.05, 0) is 70.3 Å². The molecule has 0 aliphatic heterocycles. The summed E-state index contributed by atoms with van der Waals surface area (Å²) in [5.41, 5.74) is 9.98. The van der Waals surface area contributed by atoms with Gasteiger partial charge >= 0.3 is 0 Å². The summed E-state index contributed by atoms with van der Waals surface area (Å²) in [6.07, 6.45) is 6.40. The van der Waals surface area contributed by atoms with E-state index in [0.29, 0.717) is 0 Å². The van der Waals surface area contributed by atoms with Crippen LogP contribution in [0.15, 0.2) is 84.1 Å². The molecule has 0 spiro atoms. The van der Waals surface area contributed by atoms with Crippen molar-refractivity contribution in [1.82, 2.24) is 25.1 Å². The van der Waals surface area contributed by atoms with Crippen molar-refractivity contribution in [1.29, 1.82) is 0 Å². The molecule has 7 heteroatoms. The Labute approximate surface area is 200 Å². The summed E-state index contributed by atoms with van der Waals surface area (Å²) in [7, 11) is 0. The molecule has 0 bridgehead atoms. The lowest BCUT2D eigenvalue weighted by Crippen LogP contribution is -1.97. The monoisotopic (exact) mass is 462 g/mol. The second-order valence-electron chi connectivity index (χ2n) is 8.19. The van der Waals surface area contributed by atoms with Gasteiger partial charge in [-0.3, -0.25) is 10.1 Å². The molecule has 5 heterocycles. The maximum atomic E-state index is 4.63. The van der Waals surface area contributed by atoms with Crippen molar-refractivity contribution in [3.8, 4) is 33.6 Å². The van der Waals surface area contributed by atoms with Crippen LogP contribution in [0.5, 0.6) is 0 Å². The van der Waals surface area contributed by atoms with Gasteiger partial charge in [-0.25, -0.2) is 4.98 Å². The second kappa shape index (κ2) is 8.28. The van der Waals surface area contributed by atoms with E-state index in [1.54, 1.807) is 11.3 Å². The summed E-state index contributed by atoms with van der Waals surface area (Å²) < 4.78 is 0. The Morgan fingerprint density at radius 3 is 2.82 bits per heavy atom. The van der Waals surface area contributed by atoms with Gasteiger partial charge < -0.3 is 10.3 Å². The minimum Gasteiger partial charge on any atom is -0.358 e. The third kappa shape index (κ3) is 3.56. The third-order valence-corrected chi connectivity index (χ3v) is 6.68. The highest BCUT2D eigenvalue weighted by molar-refractivity contribution is 7.08. The molecule has 0 radical (unpaired) electrons. The fraction of sp³-hybridized carbons (Fsp3) is 0.0741. The summed E-state index contributed by atoms with van der Waals surface area (Å²) in [6, 6.07) is 14.7. The number of thiophene rings is 1. The molecule has 34 heavy (non-hydrogen) atoms. The molecule has 5 aromatic heterocycles. The number of aromatic amines is 2. The maximum Gasteiger partial charge on any atom is 0.138 e. The number of fused-ring (bicyclic) bond motifs is 2. The van der Waals surface area contributed by atoms with Crippen LogP contribution in [-0.4, -0.2) is 25.1 Å². The molecule has 1 aromatic carbocycles. The number of hydrogen-bond acceptors (Lipinski definition) is 5. The van der Waals surface area contributed by atoms with Gasteiger partial charge in [0.05, 0.1) is 23.1 Å². The van der Waals surface area contributed by atoms with Gasteiger partial charge in [0.15, 0.2) is 0 Å². The van der Waals surface area contributed by atoms with Crippen molar-refractivity contribution in [3.05, 3.63) is 84.1 Å². The van der Waals surface area contributed by atoms with E-state index < -0.39 is 0 Å². The highest BCUT2D eigenvalue weighted by atomic mass is 32.1. The van der Waals surface area contributed by atoms with Crippen LogP contribution in [0.2, 0.25) is 0 Å². The SMILES string of the molecule is C=C(CC)Nc1cncc(-c2ccc3[nH]nc(-c4cc5c(-c6ccsc6)ccnc5[nH]4)c3c2)c1. The number of allylic oxidation sites excluding steroid dienone is 1. The molecule has 6 nitrogen and oxygen atoms in total. The van der Waals surface area contributed by atoms with E-state index in [-0.39, 0.29) is 0 Å². The van der Waals surface area contributed by atoms with Gasteiger partial charge in [-0.15, -0.1) is 0 Å². The van der Waals surface area contributed by atoms with E-state index >= 15 is 0 Å². The Hall–Kier alpha value is -4.23. The van der Waals surface area contributed by atoms with Crippen LogP contribution >= 0.6 is 11.3 Å². The quantitative estimate of drug-likeness (QED) is 0.244. The van der Waals surface area contributed by atoms with E-state index in [2.05, 4.69) is 97.2 Å². The molecule has 0 atom stereocenters. The van der Waals surface area contributed by atoms with E-state index in [1.165, 1.54) is 11.1 Å². The Morgan fingerprint density at radius 1 is 1.03 bits per heavy atom. The molecule has 0 saturated heterocycles. The fourth-order valence-corrected chi connectivity index (χ4v) is 4.84. The first-order valence-corrected chi connectivity index (χ1v) is 12.0. The van der Waals surface area contributed by atoms with Crippen molar-refractivity contribution in [2.45, 2.75) is 13.3 Å². The van der Waals surface area contributed by atoms with Gasteiger partial charge in [0.2, 0.25) is 0 Å². The molecular formula is C27H22N6S. The second-order valence-corrected chi connectivity index (χ2v) is 8.97. The predicted octanol–water partition coefficient (Wildman–Crippen LogP) is 7.23. The maximum absolute atomic E-state index is 4.63. The van der Waals surface area contributed by atoms with Crippen LogP contribution in [0.1, 0.15) is 13.3 Å².